The van der Waals surface area contributed by atoms with Crippen LogP contribution in [-0.2, 0) is 0 Å². The van der Waals surface area contributed by atoms with Crippen LogP contribution >= 0.6 is 12.2 Å². The fraction of sp³-hybridized carbons (Fsp3) is 0.583. The van der Waals surface area contributed by atoms with Gasteiger partial charge in [-0.05, 0) is 30.7 Å². The number of hydrogen-bond donors (Lipinski definition) is 1. The van der Waals surface area contributed by atoms with E-state index in [0.29, 0.717) is 10.7 Å². The standard InChI is InChI=1S/C12H16N4S/c13-11(17)10-4-5-14-12(15-10)16-6-8-2-1-3-9(8)7-16/h4-5,8-9H,1-3,6-7H2,(H2,13,17). The number of rotatable bonds is 2. The number of anilines is 1. The maximum atomic E-state index is 5.60. The van der Waals surface area contributed by atoms with Crippen molar-refractivity contribution in [2.75, 3.05) is 18.0 Å². The molecule has 0 spiro atoms. The highest BCUT2D eigenvalue weighted by Crippen LogP contribution is 2.38. The van der Waals surface area contributed by atoms with Crippen molar-refractivity contribution >= 4 is 23.2 Å². The Bertz CT molecular complexity index is 436. The molecule has 0 bridgehead atoms. The Hall–Kier alpha value is -1.23. The normalized spacial score (nSPS) is 27.2. The van der Waals surface area contributed by atoms with Gasteiger partial charge in [0, 0.05) is 19.3 Å². The van der Waals surface area contributed by atoms with E-state index in [1.807, 2.05) is 0 Å². The lowest BCUT2D eigenvalue weighted by molar-refractivity contribution is 0.494. The van der Waals surface area contributed by atoms with E-state index in [4.69, 9.17) is 18.0 Å². The van der Waals surface area contributed by atoms with E-state index in [0.717, 1.165) is 30.9 Å². The third-order valence-electron chi connectivity index (χ3n) is 3.90. The van der Waals surface area contributed by atoms with Crippen LogP contribution in [-0.4, -0.2) is 28.0 Å². The predicted molar refractivity (Wildman–Crippen MR) is 71.0 cm³/mol. The first kappa shape index (κ1) is 10.9. The van der Waals surface area contributed by atoms with Gasteiger partial charge in [0.1, 0.15) is 10.7 Å². The molecule has 90 valence electrons. The summed E-state index contributed by atoms with van der Waals surface area (Å²) in [6.07, 6.45) is 5.84. The number of hydrogen-bond acceptors (Lipinski definition) is 4. The molecule has 2 atom stereocenters. The molecule has 1 aliphatic carbocycles. The smallest absolute Gasteiger partial charge is 0.225 e. The maximum absolute atomic E-state index is 5.60. The van der Waals surface area contributed by atoms with Gasteiger partial charge >= 0.3 is 0 Å². The zero-order valence-corrected chi connectivity index (χ0v) is 10.5. The number of nitrogens with two attached hydrogens (primary N) is 1. The average molecular weight is 248 g/mol. The van der Waals surface area contributed by atoms with Crippen molar-refractivity contribution in [3.05, 3.63) is 18.0 Å². The van der Waals surface area contributed by atoms with Crippen LogP contribution in [0.1, 0.15) is 25.0 Å². The SMILES string of the molecule is NC(=S)c1ccnc(N2CC3CCCC3C2)n1. The first-order valence-corrected chi connectivity index (χ1v) is 6.52. The van der Waals surface area contributed by atoms with Gasteiger partial charge in [0.15, 0.2) is 0 Å². The van der Waals surface area contributed by atoms with E-state index >= 15 is 0 Å². The highest BCUT2D eigenvalue weighted by atomic mass is 32.1. The molecule has 3 rings (SSSR count). The Balaban J connectivity index is 1.81. The lowest BCUT2D eigenvalue weighted by Gasteiger charge is -2.17. The fourth-order valence-corrected chi connectivity index (χ4v) is 3.15. The minimum absolute atomic E-state index is 0.341. The molecule has 1 aliphatic heterocycles. The molecule has 2 unspecified atom stereocenters. The molecule has 2 N–H and O–H groups in total. The first-order valence-electron chi connectivity index (χ1n) is 6.12. The van der Waals surface area contributed by atoms with Crippen LogP contribution in [0.3, 0.4) is 0 Å². The number of aromatic nitrogens is 2. The van der Waals surface area contributed by atoms with Crippen molar-refractivity contribution in [2.24, 2.45) is 17.6 Å². The number of thiocarbonyl (C=S) groups is 1. The third-order valence-corrected chi connectivity index (χ3v) is 4.11. The zero-order chi connectivity index (χ0) is 11.8. The summed E-state index contributed by atoms with van der Waals surface area (Å²) in [4.78, 5) is 11.4. The fourth-order valence-electron chi connectivity index (χ4n) is 3.04. The van der Waals surface area contributed by atoms with Crippen molar-refractivity contribution in [3.63, 3.8) is 0 Å². The molecule has 5 heteroatoms. The minimum Gasteiger partial charge on any atom is -0.388 e. The molecule has 2 heterocycles. The second-order valence-electron chi connectivity index (χ2n) is 4.96. The summed E-state index contributed by atoms with van der Waals surface area (Å²) < 4.78 is 0. The van der Waals surface area contributed by atoms with Crippen LogP contribution in [0.4, 0.5) is 5.95 Å². The Morgan fingerprint density at radius 3 is 2.71 bits per heavy atom. The van der Waals surface area contributed by atoms with E-state index < -0.39 is 0 Å². The highest BCUT2D eigenvalue weighted by Gasteiger charge is 2.36. The molecule has 1 aromatic rings. The van der Waals surface area contributed by atoms with Crippen molar-refractivity contribution in [1.29, 1.82) is 0 Å². The monoisotopic (exact) mass is 248 g/mol. The molecule has 1 saturated carbocycles. The molecule has 0 radical (unpaired) electrons. The van der Waals surface area contributed by atoms with Crippen LogP contribution in [0.15, 0.2) is 12.3 Å². The van der Waals surface area contributed by atoms with Crippen molar-refractivity contribution in [2.45, 2.75) is 19.3 Å². The maximum Gasteiger partial charge on any atom is 0.225 e. The van der Waals surface area contributed by atoms with E-state index in [1.165, 1.54) is 19.3 Å². The van der Waals surface area contributed by atoms with Gasteiger partial charge in [0.2, 0.25) is 5.95 Å². The quantitative estimate of drug-likeness (QED) is 0.801. The summed E-state index contributed by atoms with van der Waals surface area (Å²) in [5, 5.41) is 0. The molecule has 0 amide bonds. The summed E-state index contributed by atoms with van der Waals surface area (Å²) in [6, 6.07) is 1.77. The Labute approximate surface area is 106 Å². The minimum atomic E-state index is 0.341. The molecule has 2 aliphatic rings. The van der Waals surface area contributed by atoms with Crippen molar-refractivity contribution in [3.8, 4) is 0 Å². The second-order valence-corrected chi connectivity index (χ2v) is 5.40. The molecule has 17 heavy (non-hydrogen) atoms. The summed E-state index contributed by atoms with van der Waals surface area (Å²) in [6.45, 7) is 2.18. The Morgan fingerprint density at radius 1 is 1.35 bits per heavy atom. The van der Waals surface area contributed by atoms with Crippen molar-refractivity contribution in [1.82, 2.24) is 9.97 Å². The summed E-state index contributed by atoms with van der Waals surface area (Å²) in [5.74, 6) is 2.46. The largest absolute Gasteiger partial charge is 0.388 e. The molecule has 1 saturated heterocycles. The van der Waals surface area contributed by atoms with Crippen LogP contribution in [0, 0.1) is 11.8 Å². The van der Waals surface area contributed by atoms with E-state index in [-0.39, 0.29) is 0 Å². The van der Waals surface area contributed by atoms with E-state index in [9.17, 15) is 0 Å². The molecular formula is C12H16N4S. The van der Waals surface area contributed by atoms with Gasteiger partial charge < -0.3 is 10.6 Å². The number of fused-ring (bicyclic) bond motifs is 1. The van der Waals surface area contributed by atoms with Gasteiger partial charge in [-0.25, -0.2) is 9.97 Å². The van der Waals surface area contributed by atoms with Gasteiger partial charge in [0.05, 0.1) is 0 Å². The summed E-state index contributed by atoms with van der Waals surface area (Å²) in [7, 11) is 0. The summed E-state index contributed by atoms with van der Waals surface area (Å²) in [5.41, 5.74) is 6.26. The topological polar surface area (TPSA) is 55.0 Å². The molecule has 1 aromatic heterocycles. The lowest BCUT2D eigenvalue weighted by atomic mass is 10.0. The van der Waals surface area contributed by atoms with Gasteiger partial charge in [0.25, 0.3) is 0 Å². The van der Waals surface area contributed by atoms with Crippen LogP contribution in [0.2, 0.25) is 0 Å². The molecule has 4 nitrogen and oxygen atoms in total. The van der Waals surface area contributed by atoms with Gasteiger partial charge in [-0.2, -0.15) is 0 Å². The molecular weight excluding hydrogens is 232 g/mol. The number of nitrogens with zero attached hydrogens (tertiary/aromatic N) is 3. The summed E-state index contributed by atoms with van der Waals surface area (Å²) >= 11 is 4.95. The zero-order valence-electron chi connectivity index (χ0n) is 9.67. The average Bonchev–Trinajstić information content (AvgIpc) is 2.89. The third kappa shape index (κ3) is 1.99. The van der Waals surface area contributed by atoms with Gasteiger partial charge in [-0.3, -0.25) is 0 Å². The molecule has 0 aromatic carbocycles. The van der Waals surface area contributed by atoms with Crippen LogP contribution in [0.5, 0.6) is 0 Å². The predicted octanol–water partition coefficient (Wildman–Crippen LogP) is 1.35. The molecule has 2 fully saturated rings. The van der Waals surface area contributed by atoms with Gasteiger partial charge in [-0.1, -0.05) is 18.6 Å². The van der Waals surface area contributed by atoms with Crippen LogP contribution in [0.25, 0.3) is 0 Å². The van der Waals surface area contributed by atoms with Crippen LogP contribution < -0.4 is 10.6 Å². The Kier molecular flexibility index (Phi) is 2.70. The van der Waals surface area contributed by atoms with Gasteiger partial charge in [-0.15, -0.1) is 0 Å². The highest BCUT2D eigenvalue weighted by molar-refractivity contribution is 7.80. The van der Waals surface area contributed by atoms with E-state index in [2.05, 4.69) is 14.9 Å². The lowest BCUT2D eigenvalue weighted by Crippen LogP contribution is -2.24. The Morgan fingerprint density at radius 2 is 2.06 bits per heavy atom. The van der Waals surface area contributed by atoms with E-state index in [1.54, 1.807) is 12.3 Å². The first-order chi connectivity index (χ1) is 8.24. The second kappa shape index (κ2) is 4.22. The van der Waals surface area contributed by atoms with Crippen molar-refractivity contribution < 1.29 is 0 Å².